The van der Waals surface area contributed by atoms with E-state index in [2.05, 4.69) is 26.7 Å². The second-order valence-corrected chi connectivity index (χ2v) is 7.67. The smallest absolute Gasteiger partial charge is 0.203 e. The number of hydrogen-bond acceptors (Lipinski definition) is 3. The zero-order valence-electron chi connectivity index (χ0n) is 19.1. The fourth-order valence-corrected chi connectivity index (χ4v) is 3.14. The van der Waals surface area contributed by atoms with E-state index in [0.717, 1.165) is 36.3 Å². The molecule has 0 radical (unpaired) electrons. The number of benzene rings is 1. The van der Waals surface area contributed by atoms with Crippen LogP contribution in [0.1, 0.15) is 103 Å². The van der Waals surface area contributed by atoms with Crippen LogP contribution in [0.4, 0.5) is 0 Å². The molecule has 164 valence electrons. The van der Waals surface area contributed by atoms with Crippen molar-refractivity contribution in [1.82, 2.24) is 0 Å². The second-order valence-electron chi connectivity index (χ2n) is 7.67. The lowest BCUT2D eigenvalue weighted by Gasteiger charge is -2.18. The molecule has 0 heterocycles. The predicted molar refractivity (Wildman–Crippen MR) is 123 cm³/mol. The Morgan fingerprint density at radius 3 is 1.41 bits per heavy atom. The van der Waals surface area contributed by atoms with Crippen molar-refractivity contribution in [2.24, 2.45) is 0 Å². The average molecular weight is 403 g/mol. The van der Waals surface area contributed by atoms with Crippen LogP contribution in [0.2, 0.25) is 0 Å². The normalized spacial score (nSPS) is 10.6. The Bertz CT molecular complexity index is 539. The van der Waals surface area contributed by atoms with Gasteiger partial charge >= 0.3 is 0 Å². The van der Waals surface area contributed by atoms with Crippen LogP contribution in [-0.4, -0.2) is 19.8 Å². The standard InChI is InChI=1S/C26H42O3/c1-5-9-12-15-18-27-24-21-23(8-4)22-25(28-19-16-13-10-6-2)26(24)29-20-17-14-11-7-3/h4,21-22H,5-7,9-20H2,1-3H3. The Labute approximate surface area is 179 Å². The molecule has 0 unspecified atom stereocenters. The maximum Gasteiger partial charge on any atom is 0.203 e. The molecular weight excluding hydrogens is 360 g/mol. The van der Waals surface area contributed by atoms with E-state index in [1.165, 1.54) is 57.8 Å². The van der Waals surface area contributed by atoms with Crippen LogP contribution < -0.4 is 14.2 Å². The van der Waals surface area contributed by atoms with E-state index in [1.807, 2.05) is 12.1 Å². The van der Waals surface area contributed by atoms with Crippen LogP contribution in [0.3, 0.4) is 0 Å². The van der Waals surface area contributed by atoms with Gasteiger partial charge in [0.25, 0.3) is 0 Å². The fourth-order valence-electron chi connectivity index (χ4n) is 3.14. The van der Waals surface area contributed by atoms with Crippen molar-refractivity contribution in [3.63, 3.8) is 0 Å². The molecule has 0 aliphatic heterocycles. The minimum Gasteiger partial charge on any atom is -0.490 e. The first-order chi connectivity index (χ1) is 14.3. The maximum atomic E-state index is 6.15. The minimum atomic E-state index is 0.674. The fraction of sp³-hybridized carbons (Fsp3) is 0.692. The van der Waals surface area contributed by atoms with E-state index in [1.54, 1.807) is 0 Å². The first-order valence-electron chi connectivity index (χ1n) is 11.8. The highest BCUT2D eigenvalue weighted by Gasteiger charge is 2.15. The third-order valence-corrected chi connectivity index (χ3v) is 4.94. The summed E-state index contributed by atoms with van der Waals surface area (Å²) in [5.41, 5.74) is 0.774. The maximum absolute atomic E-state index is 6.15. The van der Waals surface area contributed by atoms with E-state index < -0.39 is 0 Å². The predicted octanol–water partition coefficient (Wildman–Crippen LogP) is 7.55. The van der Waals surface area contributed by atoms with Crippen LogP contribution in [0.25, 0.3) is 0 Å². The Balaban J connectivity index is 2.83. The summed E-state index contributed by atoms with van der Waals surface area (Å²) in [6.07, 6.45) is 19.7. The quantitative estimate of drug-likeness (QED) is 0.187. The van der Waals surface area contributed by atoms with Gasteiger partial charge in [0, 0.05) is 5.56 Å². The molecular formula is C26H42O3. The highest BCUT2D eigenvalue weighted by Crippen LogP contribution is 2.39. The molecule has 3 heteroatoms. The van der Waals surface area contributed by atoms with Crippen LogP contribution in [0, 0.1) is 12.3 Å². The molecule has 1 aromatic rings. The summed E-state index contributed by atoms with van der Waals surface area (Å²) in [7, 11) is 0. The lowest BCUT2D eigenvalue weighted by atomic mass is 10.1. The molecule has 1 aromatic carbocycles. The van der Waals surface area contributed by atoms with Crippen molar-refractivity contribution in [2.45, 2.75) is 97.8 Å². The number of rotatable bonds is 18. The summed E-state index contributed by atoms with van der Waals surface area (Å²) in [4.78, 5) is 0. The van der Waals surface area contributed by atoms with E-state index in [0.29, 0.717) is 25.6 Å². The van der Waals surface area contributed by atoms with E-state index >= 15 is 0 Å². The summed E-state index contributed by atoms with van der Waals surface area (Å²) >= 11 is 0. The van der Waals surface area contributed by atoms with Gasteiger partial charge in [0.15, 0.2) is 11.5 Å². The van der Waals surface area contributed by atoms with Gasteiger partial charge in [-0.2, -0.15) is 0 Å². The van der Waals surface area contributed by atoms with Gasteiger partial charge in [-0.15, -0.1) is 6.42 Å². The Kier molecular flexibility index (Phi) is 14.8. The molecule has 29 heavy (non-hydrogen) atoms. The highest BCUT2D eigenvalue weighted by atomic mass is 16.5. The molecule has 0 aliphatic rings. The first-order valence-corrected chi connectivity index (χ1v) is 11.8. The molecule has 0 amide bonds. The molecule has 1 rings (SSSR count). The van der Waals surface area contributed by atoms with Gasteiger partial charge in [0.05, 0.1) is 19.8 Å². The zero-order chi connectivity index (χ0) is 21.2. The van der Waals surface area contributed by atoms with Gasteiger partial charge in [-0.1, -0.05) is 84.5 Å². The number of hydrogen-bond donors (Lipinski definition) is 0. The van der Waals surface area contributed by atoms with Crippen LogP contribution in [-0.2, 0) is 0 Å². The van der Waals surface area contributed by atoms with Gasteiger partial charge in [-0.05, 0) is 31.4 Å². The Hall–Kier alpha value is -1.82. The van der Waals surface area contributed by atoms with Crippen LogP contribution in [0.5, 0.6) is 17.2 Å². The Morgan fingerprint density at radius 2 is 1.03 bits per heavy atom. The third-order valence-electron chi connectivity index (χ3n) is 4.94. The number of unbranched alkanes of at least 4 members (excludes halogenated alkanes) is 9. The summed E-state index contributed by atoms with van der Waals surface area (Å²) in [6, 6.07) is 3.82. The van der Waals surface area contributed by atoms with Gasteiger partial charge < -0.3 is 14.2 Å². The lowest BCUT2D eigenvalue weighted by molar-refractivity contribution is 0.234. The number of terminal acetylenes is 1. The minimum absolute atomic E-state index is 0.674. The summed E-state index contributed by atoms with van der Waals surface area (Å²) in [5.74, 6) is 4.88. The van der Waals surface area contributed by atoms with Crippen molar-refractivity contribution in [1.29, 1.82) is 0 Å². The van der Waals surface area contributed by atoms with E-state index in [4.69, 9.17) is 20.6 Å². The topological polar surface area (TPSA) is 27.7 Å². The van der Waals surface area contributed by atoms with Crippen molar-refractivity contribution >= 4 is 0 Å². The second kappa shape index (κ2) is 17.1. The Morgan fingerprint density at radius 1 is 0.621 bits per heavy atom. The van der Waals surface area contributed by atoms with Gasteiger partial charge in [0.2, 0.25) is 5.75 Å². The first kappa shape index (κ1) is 25.2. The lowest BCUT2D eigenvalue weighted by Crippen LogP contribution is -2.06. The number of ether oxygens (including phenoxy) is 3. The molecule has 0 spiro atoms. The van der Waals surface area contributed by atoms with Crippen LogP contribution >= 0.6 is 0 Å². The molecule has 0 atom stereocenters. The van der Waals surface area contributed by atoms with Crippen molar-refractivity contribution in [3.8, 4) is 29.6 Å². The summed E-state index contributed by atoms with van der Waals surface area (Å²) in [5, 5.41) is 0. The summed E-state index contributed by atoms with van der Waals surface area (Å²) < 4.78 is 18.3. The molecule has 0 aromatic heterocycles. The molecule has 0 saturated carbocycles. The van der Waals surface area contributed by atoms with Crippen LogP contribution in [0.15, 0.2) is 12.1 Å². The molecule has 0 N–H and O–H groups in total. The van der Waals surface area contributed by atoms with E-state index in [9.17, 15) is 0 Å². The van der Waals surface area contributed by atoms with Gasteiger partial charge in [-0.25, -0.2) is 0 Å². The summed E-state index contributed by atoms with van der Waals surface area (Å²) in [6.45, 7) is 8.67. The highest BCUT2D eigenvalue weighted by molar-refractivity contribution is 5.57. The molecule has 0 aliphatic carbocycles. The molecule has 3 nitrogen and oxygen atoms in total. The largest absolute Gasteiger partial charge is 0.490 e. The molecule has 0 saturated heterocycles. The van der Waals surface area contributed by atoms with Gasteiger partial charge in [-0.3, -0.25) is 0 Å². The van der Waals surface area contributed by atoms with Gasteiger partial charge in [0.1, 0.15) is 0 Å². The SMILES string of the molecule is C#Cc1cc(OCCCCCC)c(OCCCCCC)c(OCCCCCC)c1. The third kappa shape index (κ3) is 11.1. The molecule has 0 bridgehead atoms. The van der Waals surface area contributed by atoms with Crippen molar-refractivity contribution in [2.75, 3.05) is 19.8 Å². The van der Waals surface area contributed by atoms with E-state index in [-0.39, 0.29) is 0 Å². The molecule has 0 fully saturated rings. The zero-order valence-corrected chi connectivity index (χ0v) is 19.1. The van der Waals surface area contributed by atoms with Crippen molar-refractivity contribution in [3.05, 3.63) is 17.7 Å². The average Bonchev–Trinajstić information content (AvgIpc) is 2.74. The van der Waals surface area contributed by atoms with Crippen molar-refractivity contribution < 1.29 is 14.2 Å². The monoisotopic (exact) mass is 402 g/mol.